The van der Waals surface area contributed by atoms with E-state index >= 15 is 0 Å². The van der Waals surface area contributed by atoms with Crippen LogP contribution in [0, 0.1) is 11.8 Å². The summed E-state index contributed by atoms with van der Waals surface area (Å²) >= 11 is 0. The maximum Gasteiger partial charge on any atom is 0.225 e. The van der Waals surface area contributed by atoms with E-state index in [-0.39, 0.29) is 5.92 Å². The highest BCUT2D eigenvalue weighted by atomic mass is 16.2. The highest BCUT2D eigenvalue weighted by molar-refractivity contribution is 5.79. The van der Waals surface area contributed by atoms with Gasteiger partial charge in [0.1, 0.15) is 0 Å². The van der Waals surface area contributed by atoms with Crippen LogP contribution in [0.2, 0.25) is 0 Å². The molecule has 0 spiro atoms. The molecule has 1 saturated carbocycles. The van der Waals surface area contributed by atoms with Crippen molar-refractivity contribution in [1.29, 1.82) is 0 Å². The van der Waals surface area contributed by atoms with E-state index < -0.39 is 0 Å². The van der Waals surface area contributed by atoms with Crippen LogP contribution in [0.3, 0.4) is 0 Å². The molecule has 1 fully saturated rings. The standard InChI is InChI=1S/C19H29N3O/c1-14-4-6-15(7-5-14)19(23)22-9-8-18-16(12-21(2)3)10-20-11-17(18)13-22/h10-11,14-15H,4-9,12-13H2,1-3H3. The molecule has 1 aliphatic carbocycles. The Labute approximate surface area is 139 Å². The van der Waals surface area contributed by atoms with Gasteiger partial charge in [-0.3, -0.25) is 9.78 Å². The third kappa shape index (κ3) is 3.74. The number of fused-ring (bicyclic) bond motifs is 1. The van der Waals surface area contributed by atoms with Crippen molar-refractivity contribution >= 4 is 5.91 Å². The highest BCUT2D eigenvalue weighted by Gasteiger charge is 2.30. The molecule has 2 aliphatic rings. The maximum atomic E-state index is 12.8. The minimum absolute atomic E-state index is 0.255. The zero-order valence-corrected chi connectivity index (χ0v) is 14.7. The number of hydrogen-bond acceptors (Lipinski definition) is 3. The van der Waals surface area contributed by atoms with Crippen molar-refractivity contribution in [3.63, 3.8) is 0 Å². The molecule has 1 aliphatic heterocycles. The van der Waals surface area contributed by atoms with Gasteiger partial charge in [-0.1, -0.05) is 6.92 Å². The lowest BCUT2D eigenvalue weighted by molar-refractivity contribution is -0.137. The SMILES string of the molecule is CC1CCC(C(=O)N2CCc3c(CN(C)C)cncc3C2)CC1. The van der Waals surface area contributed by atoms with Gasteiger partial charge in [-0.2, -0.15) is 0 Å². The van der Waals surface area contributed by atoms with E-state index in [1.807, 2.05) is 12.4 Å². The Morgan fingerprint density at radius 1 is 1.26 bits per heavy atom. The second-order valence-electron chi connectivity index (χ2n) is 7.64. The summed E-state index contributed by atoms with van der Waals surface area (Å²) in [7, 11) is 4.17. The number of rotatable bonds is 3. The second kappa shape index (κ2) is 7.00. The van der Waals surface area contributed by atoms with Gasteiger partial charge in [-0.05, 0) is 68.8 Å². The molecule has 4 heteroatoms. The van der Waals surface area contributed by atoms with Crippen molar-refractivity contribution in [3.8, 4) is 0 Å². The monoisotopic (exact) mass is 315 g/mol. The first-order valence-corrected chi connectivity index (χ1v) is 8.92. The summed E-state index contributed by atoms with van der Waals surface area (Å²) in [5.41, 5.74) is 3.97. The largest absolute Gasteiger partial charge is 0.338 e. The Kier molecular flexibility index (Phi) is 5.00. The van der Waals surface area contributed by atoms with Crippen molar-refractivity contribution < 1.29 is 4.79 Å². The molecule has 1 aromatic heterocycles. The van der Waals surface area contributed by atoms with Crippen LogP contribution in [0.4, 0.5) is 0 Å². The Morgan fingerprint density at radius 3 is 2.70 bits per heavy atom. The van der Waals surface area contributed by atoms with Gasteiger partial charge in [0.15, 0.2) is 0 Å². The molecule has 126 valence electrons. The first kappa shape index (κ1) is 16.4. The summed E-state index contributed by atoms with van der Waals surface area (Å²) in [6.45, 7) is 4.83. The zero-order chi connectivity index (χ0) is 16.4. The molecule has 0 bridgehead atoms. The molecule has 0 aromatic carbocycles. The topological polar surface area (TPSA) is 36.4 Å². The fourth-order valence-electron chi connectivity index (χ4n) is 4.00. The van der Waals surface area contributed by atoms with Crippen LogP contribution in [-0.2, 0) is 24.3 Å². The summed E-state index contributed by atoms with van der Waals surface area (Å²) in [5, 5.41) is 0. The van der Waals surface area contributed by atoms with Gasteiger partial charge >= 0.3 is 0 Å². The average molecular weight is 315 g/mol. The summed E-state index contributed by atoms with van der Waals surface area (Å²) in [5.74, 6) is 1.42. The van der Waals surface area contributed by atoms with Crippen LogP contribution in [0.25, 0.3) is 0 Å². The first-order chi connectivity index (χ1) is 11.0. The molecule has 0 atom stereocenters. The van der Waals surface area contributed by atoms with Crippen LogP contribution in [-0.4, -0.2) is 41.3 Å². The van der Waals surface area contributed by atoms with Gasteiger partial charge in [0.05, 0.1) is 0 Å². The number of aromatic nitrogens is 1. The fourth-order valence-corrected chi connectivity index (χ4v) is 4.00. The molecule has 4 nitrogen and oxygen atoms in total. The molecule has 23 heavy (non-hydrogen) atoms. The first-order valence-electron chi connectivity index (χ1n) is 8.92. The summed E-state index contributed by atoms with van der Waals surface area (Å²) < 4.78 is 0. The molecule has 3 rings (SSSR count). The Balaban J connectivity index is 1.69. The maximum absolute atomic E-state index is 12.8. The molecule has 0 radical (unpaired) electrons. The van der Waals surface area contributed by atoms with E-state index in [2.05, 4.69) is 35.8 Å². The van der Waals surface area contributed by atoms with Gasteiger partial charge in [0.2, 0.25) is 5.91 Å². The van der Waals surface area contributed by atoms with Crippen molar-refractivity contribution in [2.75, 3.05) is 20.6 Å². The number of carbonyl (C=O) groups is 1. The smallest absolute Gasteiger partial charge is 0.225 e. The lowest BCUT2D eigenvalue weighted by Crippen LogP contribution is -2.41. The molecule has 2 heterocycles. The Hall–Kier alpha value is -1.42. The lowest BCUT2D eigenvalue weighted by Gasteiger charge is -2.34. The predicted octanol–water partition coefficient (Wildman–Crippen LogP) is 2.85. The van der Waals surface area contributed by atoms with E-state index in [9.17, 15) is 4.79 Å². The van der Waals surface area contributed by atoms with Gasteiger partial charge in [0.25, 0.3) is 0 Å². The summed E-state index contributed by atoms with van der Waals surface area (Å²) in [6.07, 6.45) is 9.46. The highest BCUT2D eigenvalue weighted by Crippen LogP contribution is 2.31. The zero-order valence-electron chi connectivity index (χ0n) is 14.7. The molecule has 0 N–H and O–H groups in total. The number of nitrogens with zero attached hydrogens (tertiary/aromatic N) is 3. The summed E-state index contributed by atoms with van der Waals surface area (Å²) in [4.78, 5) is 21.5. The fraction of sp³-hybridized carbons (Fsp3) is 0.684. The van der Waals surface area contributed by atoms with Crippen molar-refractivity contribution in [1.82, 2.24) is 14.8 Å². The van der Waals surface area contributed by atoms with Crippen molar-refractivity contribution in [3.05, 3.63) is 29.1 Å². The Bertz CT molecular complexity index is 562. The average Bonchev–Trinajstić information content (AvgIpc) is 2.54. The molecule has 1 aromatic rings. The molecule has 0 unspecified atom stereocenters. The van der Waals surface area contributed by atoms with Crippen molar-refractivity contribution in [2.24, 2.45) is 11.8 Å². The number of hydrogen-bond donors (Lipinski definition) is 0. The quantitative estimate of drug-likeness (QED) is 0.860. The molecule has 0 saturated heterocycles. The molecule has 1 amide bonds. The van der Waals surface area contributed by atoms with Crippen LogP contribution >= 0.6 is 0 Å². The van der Waals surface area contributed by atoms with E-state index in [0.717, 1.165) is 44.8 Å². The predicted molar refractivity (Wildman–Crippen MR) is 91.9 cm³/mol. The normalized spacial score (nSPS) is 24.6. The van der Waals surface area contributed by atoms with Gasteiger partial charge in [-0.25, -0.2) is 0 Å². The van der Waals surface area contributed by atoms with E-state index in [0.29, 0.717) is 5.91 Å². The van der Waals surface area contributed by atoms with Crippen molar-refractivity contribution in [2.45, 2.75) is 52.1 Å². The van der Waals surface area contributed by atoms with Crippen LogP contribution in [0.1, 0.15) is 49.3 Å². The van der Waals surface area contributed by atoms with Gasteiger partial charge in [-0.15, -0.1) is 0 Å². The van der Waals surface area contributed by atoms with Gasteiger partial charge < -0.3 is 9.80 Å². The van der Waals surface area contributed by atoms with E-state index in [1.165, 1.54) is 29.5 Å². The van der Waals surface area contributed by atoms with Gasteiger partial charge in [0, 0.05) is 37.9 Å². The lowest BCUT2D eigenvalue weighted by atomic mass is 9.82. The second-order valence-corrected chi connectivity index (χ2v) is 7.64. The molecular weight excluding hydrogens is 286 g/mol. The third-order valence-corrected chi connectivity index (χ3v) is 5.39. The number of amides is 1. The minimum Gasteiger partial charge on any atom is -0.338 e. The number of carbonyl (C=O) groups excluding carboxylic acids is 1. The Morgan fingerprint density at radius 2 is 2.00 bits per heavy atom. The molecular formula is C19H29N3O. The minimum atomic E-state index is 0.255. The van der Waals surface area contributed by atoms with Crippen LogP contribution in [0.15, 0.2) is 12.4 Å². The third-order valence-electron chi connectivity index (χ3n) is 5.39. The van der Waals surface area contributed by atoms with E-state index in [4.69, 9.17) is 0 Å². The number of pyridine rings is 1. The van der Waals surface area contributed by atoms with Crippen LogP contribution in [0.5, 0.6) is 0 Å². The summed E-state index contributed by atoms with van der Waals surface area (Å²) in [6, 6.07) is 0. The van der Waals surface area contributed by atoms with Crippen LogP contribution < -0.4 is 0 Å². The van der Waals surface area contributed by atoms with E-state index in [1.54, 1.807) is 0 Å².